The third-order valence-corrected chi connectivity index (χ3v) is 5.45. The van der Waals surface area contributed by atoms with Gasteiger partial charge in [-0.2, -0.15) is 10.2 Å². The number of nitrogens with zero attached hydrogens (tertiary/aromatic N) is 4. The van der Waals surface area contributed by atoms with Gasteiger partial charge in [-0.25, -0.2) is 4.98 Å². The Hall–Kier alpha value is -3.96. The Morgan fingerprint density at radius 3 is 2.56 bits per heavy atom. The fraction of sp³-hybridized carbons (Fsp3) is 0.240. The van der Waals surface area contributed by atoms with E-state index in [0.717, 1.165) is 11.3 Å². The van der Waals surface area contributed by atoms with Gasteiger partial charge in [-0.1, -0.05) is 36.7 Å². The highest BCUT2D eigenvalue weighted by molar-refractivity contribution is 6.32. The highest BCUT2D eigenvalue weighted by Crippen LogP contribution is 2.29. The molecule has 0 saturated heterocycles. The maximum absolute atomic E-state index is 12.0. The molecule has 0 aliphatic carbocycles. The molecule has 0 aliphatic heterocycles. The van der Waals surface area contributed by atoms with Crippen molar-refractivity contribution < 1.29 is 9.59 Å². The first kappa shape index (κ1) is 24.7. The van der Waals surface area contributed by atoms with Crippen molar-refractivity contribution in [1.82, 2.24) is 9.97 Å². The van der Waals surface area contributed by atoms with Gasteiger partial charge in [0, 0.05) is 37.7 Å². The molecule has 3 rings (SSSR count). The van der Waals surface area contributed by atoms with E-state index in [0.29, 0.717) is 47.2 Å². The van der Waals surface area contributed by atoms with Crippen LogP contribution in [0, 0.1) is 11.3 Å². The van der Waals surface area contributed by atoms with Gasteiger partial charge >= 0.3 is 0 Å². The van der Waals surface area contributed by atoms with Gasteiger partial charge in [0.25, 0.3) is 0 Å². The Morgan fingerprint density at radius 1 is 1.12 bits per heavy atom. The van der Waals surface area contributed by atoms with Crippen molar-refractivity contribution in [3.8, 4) is 6.07 Å². The monoisotopic (exact) mass is 476 g/mol. The zero-order valence-electron chi connectivity index (χ0n) is 19.2. The van der Waals surface area contributed by atoms with Crippen molar-refractivity contribution in [3.63, 3.8) is 0 Å². The average molecular weight is 477 g/mol. The molecule has 3 aromatic rings. The number of halogens is 1. The molecule has 1 heterocycles. The first-order valence-electron chi connectivity index (χ1n) is 10.8. The van der Waals surface area contributed by atoms with Crippen LogP contribution in [0.3, 0.4) is 0 Å². The zero-order valence-corrected chi connectivity index (χ0v) is 20.0. The van der Waals surface area contributed by atoms with E-state index in [-0.39, 0.29) is 17.6 Å². The van der Waals surface area contributed by atoms with Gasteiger partial charge in [0.05, 0.1) is 17.4 Å². The molecule has 0 fully saturated rings. The standard InChI is InChI=1S/C25H25ClN6O2/c1-4-20(34)13-17-8-6-7-9-22(17)29-24-21(26)15-28-25(31-24)30-23-11-10-19(12-18(23)14-27)32(5-2)16(3)33/h6-12,15H,4-5,13H2,1-3H3,(H2,28,29,30,31). The number of carbonyl (C=O) groups is 2. The second kappa shape index (κ2) is 11.3. The normalized spacial score (nSPS) is 10.3. The molecule has 1 amide bonds. The molecule has 2 N–H and O–H groups in total. The molecule has 0 bridgehead atoms. The maximum Gasteiger partial charge on any atom is 0.229 e. The molecule has 174 valence electrons. The summed E-state index contributed by atoms with van der Waals surface area (Å²) in [5.41, 5.74) is 3.03. The van der Waals surface area contributed by atoms with Gasteiger partial charge in [-0.3, -0.25) is 9.59 Å². The zero-order chi connectivity index (χ0) is 24.7. The lowest BCUT2D eigenvalue weighted by Crippen LogP contribution is -2.27. The lowest BCUT2D eigenvalue weighted by atomic mass is 10.1. The number of hydrogen-bond acceptors (Lipinski definition) is 7. The van der Waals surface area contributed by atoms with Gasteiger partial charge < -0.3 is 15.5 Å². The quantitative estimate of drug-likeness (QED) is 0.426. The predicted molar refractivity (Wildman–Crippen MR) is 134 cm³/mol. The predicted octanol–water partition coefficient (Wildman–Crippen LogP) is 5.38. The summed E-state index contributed by atoms with van der Waals surface area (Å²) in [5, 5.41) is 16.2. The Balaban J connectivity index is 1.88. The molecule has 1 aromatic heterocycles. The first-order valence-corrected chi connectivity index (χ1v) is 11.2. The maximum atomic E-state index is 12.0. The van der Waals surface area contributed by atoms with Crippen LogP contribution in [0.25, 0.3) is 0 Å². The topological polar surface area (TPSA) is 111 Å². The summed E-state index contributed by atoms with van der Waals surface area (Å²) in [6.45, 7) is 5.67. The van der Waals surface area contributed by atoms with Gasteiger partial charge in [0.1, 0.15) is 16.9 Å². The number of para-hydroxylation sites is 1. The lowest BCUT2D eigenvalue weighted by Gasteiger charge is -2.20. The van der Waals surface area contributed by atoms with E-state index in [2.05, 4.69) is 26.7 Å². The summed E-state index contributed by atoms with van der Waals surface area (Å²) >= 11 is 6.32. The lowest BCUT2D eigenvalue weighted by molar-refractivity contribution is -0.118. The van der Waals surface area contributed by atoms with Crippen LogP contribution in [-0.2, 0) is 16.0 Å². The fourth-order valence-corrected chi connectivity index (χ4v) is 3.52. The number of benzene rings is 2. The summed E-state index contributed by atoms with van der Waals surface area (Å²) in [7, 11) is 0. The third kappa shape index (κ3) is 5.88. The second-order valence-electron chi connectivity index (χ2n) is 7.47. The number of rotatable bonds is 9. The molecule has 0 radical (unpaired) electrons. The highest BCUT2D eigenvalue weighted by Gasteiger charge is 2.14. The molecule has 0 unspecified atom stereocenters. The number of aromatic nitrogens is 2. The van der Waals surface area contributed by atoms with Crippen LogP contribution in [0.5, 0.6) is 0 Å². The van der Waals surface area contributed by atoms with Gasteiger partial charge in [0.2, 0.25) is 11.9 Å². The van der Waals surface area contributed by atoms with Crippen LogP contribution < -0.4 is 15.5 Å². The van der Waals surface area contributed by atoms with Gasteiger partial charge in [0.15, 0.2) is 5.82 Å². The number of Topliss-reactive ketones (excluding diaryl/α,β-unsaturated/α-hetero) is 1. The molecule has 0 spiro atoms. The molecular weight excluding hydrogens is 452 g/mol. The summed E-state index contributed by atoms with van der Waals surface area (Å²) in [6.07, 6.45) is 2.22. The molecule has 34 heavy (non-hydrogen) atoms. The van der Waals surface area contributed by atoms with Crippen LogP contribution in [0.2, 0.25) is 5.02 Å². The molecular formula is C25H25ClN6O2. The number of nitriles is 1. The molecule has 0 saturated carbocycles. The van der Waals surface area contributed by atoms with E-state index < -0.39 is 0 Å². The fourth-order valence-electron chi connectivity index (χ4n) is 3.39. The number of ketones is 1. The average Bonchev–Trinajstić information content (AvgIpc) is 2.83. The van der Waals surface area contributed by atoms with E-state index in [1.807, 2.05) is 38.1 Å². The van der Waals surface area contributed by atoms with Crippen LogP contribution in [0.15, 0.2) is 48.7 Å². The van der Waals surface area contributed by atoms with Crippen molar-refractivity contribution in [2.75, 3.05) is 22.1 Å². The Kier molecular flexibility index (Phi) is 8.17. The SMILES string of the molecule is CCC(=O)Cc1ccccc1Nc1nc(Nc2ccc(N(CC)C(C)=O)cc2C#N)ncc1Cl. The van der Waals surface area contributed by atoms with E-state index in [1.165, 1.54) is 13.1 Å². The van der Waals surface area contributed by atoms with E-state index >= 15 is 0 Å². The molecule has 0 atom stereocenters. The van der Waals surface area contributed by atoms with Crippen LogP contribution in [0.1, 0.15) is 38.3 Å². The number of carbonyl (C=O) groups excluding carboxylic acids is 2. The number of anilines is 5. The molecule has 8 nitrogen and oxygen atoms in total. The minimum absolute atomic E-state index is 0.107. The highest BCUT2D eigenvalue weighted by atomic mass is 35.5. The van der Waals surface area contributed by atoms with Crippen LogP contribution in [0.4, 0.5) is 28.8 Å². The summed E-state index contributed by atoms with van der Waals surface area (Å²) in [4.78, 5) is 34.0. The van der Waals surface area contributed by atoms with Crippen molar-refractivity contribution >= 4 is 52.1 Å². The van der Waals surface area contributed by atoms with Crippen molar-refractivity contribution in [1.29, 1.82) is 5.26 Å². The number of amides is 1. The molecule has 2 aromatic carbocycles. The third-order valence-electron chi connectivity index (χ3n) is 5.17. The molecule has 0 aliphatic rings. The number of hydrogen-bond donors (Lipinski definition) is 2. The summed E-state index contributed by atoms with van der Waals surface area (Å²) < 4.78 is 0. The van der Waals surface area contributed by atoms with Crippen molar-refractivity contribution in [2.24, 2.45) is 0 Å². The van der Waals surface area contributed by atoms with E-state index in [1.54, 1.807) is 23.1 Å². The van der Waals surface area contributed by atoms with Crippen molar-refractivity contribution in [2.45, 2.75) is 33.6 Å². The molecule has 9 heteroatoms. The van der Waals surface area contributed by atoms with E-state index in [9.17, 15) is 14.9 Å². The summed E-state index contributed by atoms with van der Waals surface area (Å²) in [6, 6.07) is 14.7. The first-order chi connectivity index (χ1) is 16.4. The Labute approximate surface area is 203 Å². The number of nitrogens with one attached hydrogen (secondary N) is 2. The smallest absolute Gasteiger partial charge is 0.229 e. The van der Waals surface area contributed by atoms with Gasteiger partial charge in [-0.05, 0) is 36.8 Å². The van der Waals surface area contributed by atoms with Crippen molar-refractivity contribution in [3.05, 3.63) is 64.8 Å². The minimum Gasteiger partial charge on any atom is -0.339 e. The van der Waals surface area contributed by atoms with Gasteiger partial charge in [-0.15, -0.1) is 0 Å². The van der Waals surface area contributed by atoms with Crippen LogP contribution >= 0.6 is 11.6 Å². The summed E-state index contributed by atoms with van der Waals surface area (Å²) in [5.74, 6) is 0.616. The Bertz CT molecular complexity index is 1250. The Morgan fingerprint density at radius 2 is 1.88 bits per heavy atom. The van der Waals surface area contributed by atoms with Crippen LogP contribution in [-0.4, -0.2) is 28.2 Å². The second-order valence-corrected chi connectivity index (χ2v) is 7.88. The minimum atomic E-state index is -0.107. The largest absolute Gasteiger partial charge is 0.339 e. The van der Waals surface area contributed by atoms with E-state index in [4.69, 9.17) is 11.6 Å².